The van der Waals surface area contributed by atoms with E-state index < -0.39 is 0 Å². The largest absolute Gasteiger partial charge is 0.351 e. The van der Waals surface area contributed by atoms with Gasteiger partial charge in [-0.25, -0.2) is 5.10 Å². The van der Waals surface area contributed by atoms with E-state index in [4.69, 9.17) is 0 Å². The van der Waals surface area contributed by atoms with Crippen molar-refractivity contribution >= 4 is 5.91 Å². The molecule has 0 bridgehead atoms. The lowest BCUT2D eigenvalue weighted by atomic mass is 10.3. The molecule has 1 aromatic heterocycles. The fourth-order valence-electron chi connectivity index (χ4n) is 1.45. The summed E-state index contributed by atoms with van der Waals surface area (Å²) in [4.78, 5) is 22.3. The van der Waals surface area contributed by atoms with Crippen LogP contribution in [0.15, 0.2) is 16.9 Å². The van der Waals surface area contributed by atoms with Gasteiger partial charge in [0.25, 0.3) is 11.5 Å². The van der Waals surface area contributed by atoms with Crippen LogP contribution in [0.5, 0.6) is 0 Å². The van der Waals surface area contributed by atoms with Crippen molar-refractivity contribution in [3.63, 3.8) is 0 Å². The monoisotopic (exact) mass is 236 g/mol. The molecule has 0 spiro atoms. The first-order valence-electron chi connectivity index (χ1n) is 5.83. The zero-order valence-corrected chi connectivity index (χ0v) is 9.53. The van der Waals surface area contributed by atoms with E-state index in [2.05, 4.69) is 20.8 Å². The van der Waals surface area contributed by atoms with Gasteiger partial charge in [-0.15, -0.1) is 0 Å². The van der Waals surface area contributed by atoms with Crippen LogP contribution in [0.2, 0.25) is 0 Å². The maximum atomic E-state index is 11.5. The minimum Gasteiger partial charge on any atom is -0.351 e. The number of carbonyl (C=O) groups excluding carboxylic acids is 1. The quantitative estimate of drug-likeness (QED) is 0.589. The lowest BCUT2D eigenvalue weighted by Crippen LogP contribution is -2.29. The molecule has 1 amide bonds. The van der Waals surface area contributed by atoms with E-state index >= 15 is 0 Å². The summed E-state index contributed by atoms with van der Waals surface area (Å²) in [7, 11) is 0. The molecule has 17 heavy (non-hydrogen) atoms. The van der Waals surface area contributed by atoms with Gasteiger partial charge < -0.3 is 10.6 Å². The van der Waals surface area contributed by atoms with Crippen LogP contribution in [0.4, 0.5) is 0 Å². The predicted molar refractivity (Wildman–Crippen MR) is 62.8 cm³/mol. The molecule has 2 rings (SSSR count). The number of aromatic amines is 1. The van der Waals surface area contributed by atoms with Gasteiger partial charge in [0.1, 0.15) is 5.69 Å². The Morgan fingerprint density at radius 1 is 1.41 bits per heavy atom. The Kier molecular flexibility index (Phi) is 3.87. The topological polar surface area (TPSA) is 86.9 Å². The van der Waals surface area contributed by atoms with Crippen molar-refractivity contribution in [1.82, 2.24) is 20.8 Å². The molecular formula is C11H16N4O2. The number of amides is 1. The van der Waals surface area contributed by atoms with Crippen LogP contribution < -0.4 is 16.2 Å². The van der Waals surface area contributed by atoms with E-state index in [0.717, 1.165) is 13.0 Å². The summed E-state index contributed by atoms with van der Waals surface area (Å²) in [6, 6.07) is 3.40. The normalized spacial score (nSPS) is 14.6. The summed E-state index contributed by atoms with van der Waals surface area (Å²) in [6.45, 7) is 1.53. The first-order chi connectivity index (χ1) is 8.25. The molecule has 92 valence electrons. The molecule has 1 saturated carbocycles. The SMILES string of the molecule is O=C(NCCCNC1CC1)c1ccc(=O)[nH]n1. The van der Waals surface area contributed by atoms with Gasteiger partial charge >= 0.3 is 0 Å². The van der Waals surface area contributed by atoms with Crippen LogP contribution in [0.25, 0.3) is 0 Å². The number of hydrogen-bond donors (Lipinski definition) is 3. The minimum absolute atomic E-state index is 0.236. The highest BCUT2D eigenvalue weighted by atomic mass is 16.2. The Bertz CT molecular complexity index is 419. The van der Waals surface area contributed by atoms with Gasteiger partial charge in [0.05, 0.1) is 0 Å². The van der Waals surface area contributed by atoms with Crippen LogP contribution in [-0.2, 0) is 0 Å². The molecule has 1 heterocycles. The highest BCUT2D eigenvalue weighted by Crippen LogP contribution is 2.18. The summed E-state index contributed by atoms with van der Waals surface area (Å²) in [5, 5.41) is 12.0. The Morgan fingerprint density at radius 3 is 2.88 bits per heavy atom. The minimum atomic E-state index is -0.310. The molecule has 3 N–H and O–H groups in total. The maximum Gasteiger partial charge on any atom is 0.271 e. The molecule has 6 heteroatoms. The average Bonchev–Trinajstić information content (AvgIpc) is 3.13. The van der Waals surface area contributed by atoms with Crippen LogP contribution in [0.1, 0.15) is 29.8 Å². The van der Waals surface area contributed by atoms with Gasteiger partial charge in [-0.2, -0.15) is 5.10 Å². The second kappa shape index (κ2) is 5.58. The van der Waals surface area contributed by atoms with Crippen LogP contribution in [0.3, 0.4) is 0 Å². The van der Waals surface area contributed by atoms with Gasteiger partial charge in [0, 0.05) is 18.7 Å². The number of aromatic nitrogens is 2. The molecule has 0 aromatic carbocycles. The highest BCUT2D eigenvalue weighted by Gasteiger charge is 2.19. The number of carbonyl (C=O) groups is 1. The summed E-state index contributed by atoms with van der Waals surface area (Å²) in [5.74, 6) is -0.257. The summed E-state index contributed by atoms with van der Waals surface area (Å²) >= 11 is 0. The first-order valence-corrected chi connectivity index (χ1v) is 5.83. The lowest BCUT2D eigenvalue weighted by molar-refractivity contribution is 0.0947. The van der Waals surface area contributed by atoms with Crippen LogP contribution in [0, 0.1) is 0 Å². The number of H-pyrrole nitrogens is 1. The van der Waals surface area contributed by atoms with E-state index in [0.29, 0.717) is 12.6 Å². The second-order valence-electron chi connectivity index (χ2n) is 4.14. The third-order valence-electron chi connectivity index (χ3n) is 2.56. The van der Waals surface area contributed by atoms with Crippen molar-refractivity contribution in [2.24, 2.45) is 0 Å². The lowest BCUT2D eigenvalue weighted by Gasteiger charge is -2.04. The Morgan fingerprint density at radius 2 is 2.24 bits per heavy atom. The van der Waals surface area contributed by atoms with Crippen LogP contribution in [-0.4, -0.2) is 35.2 Å². The smallest absolute Gasteiger partial charge is 0.271 e. The summed E-state index contributed by atoms with van der Waals surface area (Å²) in [6.07, 6.45) is 3.44. The molecule has 0 atom stereocenters. The molecule has 1 aromatic rings. The van der Waals surface area contributed by atoms with Crippen molar-refractivity contribution < 1.29 is 4.79 Å². The van der Waals surface area contributed by atoms with Gasteiger partial charge in [-0.3, -0.25) is 9.59 Å². The van der Waals surface area contributed by atoms with E-state index in [1.54, 1.807) is 0 Å². The number of hydrogen-bond acceptors (Lipinski definition) is 4. The Balaban J connectivity index is 1.65. The summed E-state index contributed by atoms with van der Waals surface area (Å²) in [5.41, 5.74) is -0.0741. The van der Waals surface area contributed by atoms with Gasteiger partial charge in [-0.1, -0.05) is 0 Å². The van der Waals surface area contributed by atoms with Crippen molar-refractivity contribution in [1.29, 1.82) is 0 Å². The van der Waals surface area contributed by atoms with E-state index in [9.17, 15) is 9.59 Å². The van der Waals surface area contributed by atoms with Crippen molar-refractivity contribution in [3.05, 3.63) is 28.2 Å². The Labute approximate surface area is 98.8 Å². The number of nitrogens with zero attached hydrogens (tertiary/aromatic N) is 1. The van der Waals surface area contributed by atoms with Crippen molar-refractivity contribution in [3.8, 4) is 0 Å². The van der Waals surface area contributed by atoms with Gasteiger partial charge in [0.2, 0.25) is 0 Å². The molecule has 0 aliphatic heterocycles. The van der Waals surface area contributed by atoms with E-state index in [1.165, 1.54) is 25.0 Å². The van der Waals surface area contributed by atoms with Crippen molar-refractivity contribution in [2.45, 2.75) is 25.3 Å². The van der Waals surface area contributed by atoms with E-state index in [1.807, 2.05) is 0 Å². The fourth-order valence-corrected chi connectivity index (χ4v) is 1.45. The maximum absolute atomic E-state index is 11.5. The number of nitrogens with one attached hydrogen (secondary N) is 3. The third-order valence-corrected chi connectivity index (χ3v) is 2.56. The zero-order valence-electron chi connectivity index (χ0n) is 9.53. The molecule has 1 fully saturated rings. The Hall–Kier alpha value is -1.69. The molecule has 0 unspecified atom stereocenters. The molecule has 0 radical (unpaired) electrons. The second-order valence-corrected chi connectivity index (χ2v) is 4.14. The van der Waals surface area contributed by atoms with Crippen molar-refractivity contribution in [2.75, 3.05) is 13.1 Å². The average molecular weight is 236 g/mol. The first kappa shape index (κ1) is 11.8. The van der Waals surface area contributed by atoms with E-state index in [-0.39, 0.29) is 17.2 Å². The van der Waals surface area contributed by atoms with Gasteiger partial charge in [0.15, 0.2) is 0 Å². The predicted octanol–water partition coefficient (Wildman–Crippen LogP) is -0.358. The fraction of sp³-hybridized carbons (Fsp3) is 0.545. The molecule has 0 saturated heterocycles. The zero-order chi connectivity index (χ0) is 12.1. The summed E-state index contributed by atoms with van der Waals surface area (Å²) < 4.78 is 0. The standard InChI is InChI=1S/C11H16N4O2/c16-10-5-4-9(14-15-10)11(17)13-7-1-6-12-8-2-3-8/h4-5,8,12H,1-3,6-7H2,(H,13,17)(H,15,16). The molecule has 6 nitrogen and oxygen atoms in total. The molecule has 1 aliphatic rings. The highest BCUT2D eigenvalue weighted by molar-refractivity contribution is 5.91. The third kappa shape index (κ3) is 3.99. The number of rotatable bonds is 6. The van der Waals surface area contributed by atoms with Crippen LogP contribution >= 0.6 is 0 Å². The van der Waals surface area contributed by atoms with Gasteiger partial charge in [-0.05, 0) is 31.9 Å². The molecular weight excluding hydrogens is 220 g/mol. The molecule has 1 aliphatic carbocycles.